The number of pyridine rings is 1. The lowest BCUT2D eigenvalue weighted by Gasteiger charge is -2.10. The Morgan fingerprint density at radius 2 is 1.89 bits per heavy atom. The number of methoxy groups -OCH3 is 1. The van der Waals surface area contributed by atoms with Gasteiger partial charge in [-0.05, 0) is 42.2 Å². The molecule has 0 unspecified atom stereocenters. The molecule has 0 aliphatic rings. The normalized spacial score (nSPS) is 10.3. The summed E-state index contributed by atoms with van der Waals surface area (Å²) in [6.45, 7) is 4.16. The molecular weight excluding hydrogens is 238 g/mol. The van der Waals surface area contributed by atoms with E-state index in [0.29, 0.717) is 0 Å². The molecule has 0 radical (unpaired) electrons. The maximum absolute atomic E-state index is 11.3. The van der Waals surface area contributed by atoms with Gasteiger partial charge in [-0.2, -0.15) is 0 Å². The van der Waals surface area contributed by atoms with Crippen molar-refractivity contribution in [3.8, 4) is 11.1 Å². The fourth-order valence-corrected chi connectivity index (χ4v) is 2.23. The first-order valence-electron chi connectivity index (χ1n) is 6.19. The minimum absolute atomic E-state index is 0.250. The number of aromatic nitrogens is 1. The third-order valence-electron chi connectivity index (χ3n) is 3.14. The van der Waals surface area contributed by atoms with E-state index in [4.69, 9.17) is 0 Å². The van der Waals surface area contributed by atoms with Gasteiger partial charge in [-0.1, -0.05) is 18.2 Å². The smallest absolute Gasteiger partial charge is 0.310 e. The summed E-state index contributed by atoms with van der Waals surface area (Å²) in [5.41, 5.74) is 5.50. The molecule has 98 valence electrons. The molecule has 0 amide bonds. The number of carbonyl (C=O) groups is 1. The minimum Gasteiger partial charge on any atom is -0.469 e. The summed E-state index contributed by atoms with van der Waals surface area (Å²) in [6.07, 6.45) is 3.78. The monoisotopic (exact) mass is 255 g/mol. The minimum atomic E-state index is -0.250. The summed E-state index contributed by atoms with van der Waals surface area (Å²) in [5.74, 6) is -0.250. The Hall–Kier alpha value is -2.16. The fourth-order valence-electron chi connectivity index (χ4n) is 2.23. The molecule has 1 aromatic heterocycles. The molecule has 0 N–H and O–H groups in total. The average Bonchev–Trinajstić information content (AvgIpc) is 2.39. The second-order valence-corrected chi connectivity index (χ2v) is 4.60. The van der Waals surface area contributed by atoms with E-state index in [2.05, 4.69) is 35.7 Å². The van der Waals surface area contributed by atoms with Gasteiger partial charge in [0, 0.05) is 18.0 Å². The van der Waals surface area contributed by atoms with Crippen molar-refractivity contribution >= 4 is 5.97 Å². The van der Waals surface area contributed by atoms with Gasteiger partial charge < -0.3 is 4.74 Å². The van der Waals surface area contributed by atoms with Gasteiger partial charge in [0.15, 0.2) is 0 Å². The van der Waals surface area contributed by atoms with Crippen LogP contribution >= 0.6 is 0 Å². The van der Waals surface area contributed by atoms with Gasteiger partial charge in [0.2, 0.25) is 0 Å². The molecule has 1 aromatic carbocycles. The standard InChI is InChI=1S/C16H17NO2/c1-11-5-4-6-12(2)16(11)14-7-13(9-17-10-14)8-15(18)19-3/h4-7,9-10H,8H2,1-3H3. The van der Waals surface area contributed by atoms with Crippen LogP contribution in [0, 0.1) is 13.8 Å². The number of hydrogen-bond donors (Lipinski definition) is 0. The molecule has 19 heavy (non-hydrogen) atoms. The van der Waals surface area contributed by atoms with Crippen LogP contribution in [0.4, 0.5) is 0 Å². The zero-order chi connectivity index (χ0) is 13.8. The van der Waals surface area contributed by atoms with E-state index in [-0.39, 0.29) is 12.4 Å². The summed E-state index contributed by atoms with van der Waals surface area (Å²) < 4.78 is 4.68. The fraction of sp³-hybridized carbons (Fsp3) is 0.250. The van der Waals surface area contributed by atoms with Gasteiger partial charge in [0.25, 0.3) is 0 Å². The van der Waals surface area contributed by atoms with Crippen LogP contribution in [0.25, 0.3) is 11.1 Å². The molecule has 0 aliphatic carbocycles. The summed E-state index contributed by atoms with van der Waals surface area (Å²) in [4.78, 5) is 15.5. The maximum Gasteiger partial charge on any atom is 0.310 e. The third kappa shape index (κ3) is 2.99. The van der Waals surface area contributed by atoms with E-state index >= 15 is 0 Å². The van der Waals surface area contributed by atoms with Gasteiger partial charge in [-0.3, -0.25) is 9.78 Å². The van der Waals surface area contributed by atoms with Crippen molar-refractivity contribution < 1.29 is 9.53 Å². The Morgan fingerprint density at radius 3 is 2.53 bits per heavy atom. The van der Waals surface area contributed by atoms with Crippen molar-refractivity contribution in [3.63, 3.8) is 0 Å². The highest BCUT2D eigenvalue weighted by Crippen LogP contribution is 2.27. The molecule has 0 fully saturated rings. The third-order valence-corrected chi connectivity index (χ3v) is 3.14. The molecule has 3 heteroatoms. The lowest BCUT2D eigenvalue weighted by atomic mass is 9.96. The van der Waals surface area contributed by atoms with Crippen molar-refractivity contribution in [2.24, 2.45) is 0 Å². The van der Waals surface area contributed by atoms with Gasteiger partial charge >= 0.3 is 5.97 Å². The second kappa shape index (κ2) is 5.65. The van der Waals surface area contributed by atoms with E-state index < -0.39 is 0 Å². The van der Waals surface area contributed by atoms with Crippen molar-refractivity contribution in [3.05, 3.63) is 53.3 Å². The van der Waals surface area contributed by atoms with Crippen LogP contribution in [0.3, 0.4) is 0 Å². The molecule has 0 aliphatic heterocycles. The number of ether oxygens (including phenoxy) is 1. The summed E-state index contributed by atoms with van der Waals surface area (Å²) in [7, 11) is 1.39. The number of benzene rings is 1. The van der Waals surface area contributed by atoms with Crippen molar-refractivity contribution in [1.29, 1.82) is 0 Å². The van der Waals surface area contributed by atoms with Crippen molar-refractivity contribution in [2.75, 3.05) is 7.11 Å². The Labute approximate surface area is 113 Å². The quantitative estimate of drug-likeness (QED) is 0.791. The van der Waals surface area contributed by atoms with E-state index in [1.54, 1.807) is 6.20 Å². The lowest BCUT2D eigenvalue weighted by molar-refractivity contribution is -0.139. The average molecular weight is 255 g/mol. The maximum atomic E-state index is 11.3. The highest BCUT2D eigenvalue weighted by atomic mass is 16.5. The first-order chi connectivity index (χ1) is 9.11. The van der Waals surface area contributed by atoms with E-state index in [1.807, 2.05) is 18.3 Å². The van der Waals surface area contributed by atoms with E-state index in [1.165, 1.54) is 23.8 Å². The molecule has 1 heterocycles. The zero-order valence-electron chi connectivity index (χ0n) is 11.4. The van der Waals surface area contributed by atoms with Crippen molar-refractivity contribution in [2.45, 2.75) is 20.3 Å². The zero-order valence-corrected chi connectivity index (χ0v) is 11.4. The second-order valence-electron chi connectivity index (χ2n) is 4.60. The summed E-state index contributed by atoms with van der Waals surface area (Å²) >= 11 is 0. The molecular formula is C16H17NO2. The number of rotatable bonds is 3. The molecule has 2 aromatic rings. The Bertz CT molecular complexity index is 585. The van der Waals surface area contributed by atoms with Gasteiger partial charge in [0.1, 0.15) is 0 Å². The number of aryl methyl sites for hydroxylation is 2. The Kier molecular flexibility index (Phi) is 3.95. The van der Waals surface area contributed by atoms with Crippen LogP contribution < -0.4 is 0 Å². The lowest BCUT2D eigenvalue weighted by Crippen LogP contribution is -2.05. The molecule has 0 bridgehead atoms. The first-order valence-corrected chi connectivity index (χ1v) is 6.19. The van der Waals surface area contributed by atoms with Crippen LogP contribution in [0.1, 0.15) is 16.7 Å². The molecule has 0 atom stereocenters. The van der Waals surface area contributed by atoms with E-state index in [9.17, 15) is 4.79 Å². The van der Waals surface area contributed by atoms with Gasteiger partial charge in [-0.15, -0.1) is 0 Å². The largest absolute Gasteiger partial charge is 0.469 e. The molecule has 0 spiro atoms. The van der Waals surface area contributed by atoms with Crippen LogP contribution in [-0.4, -0.2) is 18.1 Å². The van der Waals surface area contributed by atoms with Crippen LogP contribution in [0.15, 0.2) is 36.7 Å². The summed E-state index contributed by atoms with van der Waals surface area (Å²) in [6, 6.07) is 8.20. The highest BCUT2D eigenvalue weighted by Gasteiger charge is 2.08. The number of esters is 1. The Morgan fingerprint density at radius 1 is 1.21 bits per heavy atom. The van der Waals surface area contributed by atoms with Gasteiger partial charge in [-0.25, -0.2) is 0 Å². The number of carbonyl (C=O) groups excluding carboxylic acids is 1. The highest BCUT2D eigenvalue weighted by molar-refractivity contribution is 5.74. The van der Waals surface area contributed by atoms with Crippen molar-refractivity contribution in [1.82, 2.24) is 4.98 Å². The predicted molar refractivity (Wildman–Crippen MR) is 74.9 cm³/mol. The first kappa shape index (κ1) is 13.3. The number of hydrogen-bond acceptors (Lipinski definition) is 3. The summed E-state index contributed by atoms with van der Waals surface area (Å²) in [5, 5.41) is 0. The predicted octanol–water partition coefficient (Wildman–Crippen LogP) is 3.08. The number of nitrogens with zero attached hydrogens (tertiary/aromatic N) is 1. The SMILES string of the molecule is COC(=O)Cc1cncc(-c2c(C)cccc2C)c1. The van der Waals surface area contributed by atoms with Crippen LogP contribution in [0.5, 0.6) is 0 Å². The topological polar surface area (TPSA) is 39.2 Å². The van der Waals surface area contributed by atoms with Crippen LogP contribution in [0.2, 0.25) is 0 Å². The molecule has 0 saturated carbocycles. The van der Waals surface area contributed by atoms with Gasteiger partial charge in [0.05, 0.1) is 13.5 Å². The van der Waals surface area contributed by atoms with E-state index in [0.717, 1.165) is 11.1 Å². The molecule has 0 saturated heterocycles. The Balaban J connectivity index is 2.41. The van der Waals surface area contributed by atoms with Crippen LogP contribution in [-0.2, 0) is 16.0 Å². The molecule has 2 rings (SSSR count). The molecule has 3 nitrogen and oxygen atoms in total.